The van der Waals surface area contributed by atoms with Crippen molar-refractivity contribution in [3.8, 4) is 0 Å². The van der Waals surface area contributed by atoms with E-state index in [0.717, 1.165) is 24.3 Å². The lowest BCUT2D eigenvalue weighted by Gasteiger charge is -2.18. The zero-order chi connectivity index (χ0) is 18.7. The molecule has 134 valence electrons. The summed E-state index contributed by atoms with van der Waals surface area (Å²) in [4.78, 5) is 0. The van der Waals surface area contributed by atoms with Crippen LogP contribution in [0.2, 0.25) is 0 Å². The summed E-state index contributed by atoms with van der Waals surface area (Å²) in [6, 6.07) is 8.61. The first-order chi connectivity index (χ1) is 11.6. The molecule has 0 unspecified atom stereocenters. The fourth-order valence-corrected chi connectivity index (χ4v) is 2.33. The maximum atomic E-state index is 12.9. The summed E-state index contributed by atoms with van der Waals surface area (Å²) in [5.74, 6) is 0. The summed E-state index contributed by atoms with van der Waals surface area (Å²) in [6.07, 6.45) is -9.13. The van der Waals surface area contributed by atoms with E-state index in [0.29, 0.717) is 0 Å². The van der Waals surface area contributed by atoms with Crippen molar-refractivity contribution in [2.75, 3.05) is 13.2 Å². The first kappa shape index (κ1) is 19.3. The Morgan fingerprint density at radius 1 is 0.800 bits per heavy atom. The van der Waals surface area contributed by atoms with E-state index in [4.69, 9.17) is 10.4 Å². The van der Waals surface area contributed by atoms with Crippen LogP contribution < -0.4 is 16.7 Å². The second-order valence-electron chi connectivity index (χ2n) is 5.29. The molecule has 0 aromatic heterocycles. The number of hydrogen-bond acceptors (Lipinski definition) is 2. The van der Waals surface area contributed by atoms with E-state index in [1.165, 1.54) is 24.3 Å². The molecule has 0 fully saturated rings. The number of nitrogens with two attached hydrogens (primary N) is 1. The van der Waals surface area contributed by atoms with Crippen LogP contribution in [0.4, 0.5) is 26.3 Å². The number of benzene rings is 2. The second-order valence-corrected chi connectivity index (χ2v) is 5.29. The minimum absolute atomic E-state index is 0.0167. The van der Waals surface area contributed by atoms with Crippen LogP contribution in [0.25, 0.3) is 0 Å². The van der Waals surface area contributed by atoms with Crippen molar-refractivity contribution >= 4 is 17.8 Å². The molecular weight excluding hydrogens is 347 g/mol. The standard InChI is InChI=1S/C16H14BF6NO/c18-15(19,20)11-3-1-5-13(9-11)17(25-8-7-24)14-6-2-4-12(10-14)16(21,22)23/h1-6,9-10H,7-8,24H2. The molecule has 0 spiro atoms. The summed E-state index contributed by atoms with van der Waals surface area (Å²) in [5.41, 5.74) is 3.74. The van der Waals surface area contributed by atoms with Crippen molar-refractivity contribution < 1.29 is 31.0 Å². The largest absolute Gasteiger partial charge is 0.426 e. The second kappa shape index (κ2) is 7.49. The number of hydrogen-bond donors (Lipinski definition) is 1. The molecule has 0 bridgehead atoms. The molecule has 0 aliphatic rings. The Bertz CT molecular complexity index is 659. The maximum Gasteiger partial charge on any atom is 0.416 e. The van der Waals surface area contributed by atoms with E-state index in [1.54, 1.807) is 0 Å². The zero-order valence-corrected chi connectivity index (χ0v) is 12.9. The van der Waals surface area contributed by atoms with Gasteiger partial charge in [-0.15, -0.1) is 0 Å². The normalized spacial score (nSPS) is 12.3. The molecule has 2 aromatic rings. The van der Waals surface area contributed by atoms with Crippen LogP contribution in [0.15, 0.2) is 48.5 Å². The lowest BCUT2D eigenvalue weighted by atomic mass is 9.55. The Hall–Kier alpha value is -2.00. The molecule has 2 nitrogen and oxygen atoms in total. The van der Waals surface area contributed by atoms with Gasteiger partial charge < -0.3 is 10.4 Å². The highest BCUT2D eigenvalue weighted by molar-refractivity contribution is 6.80. The van der Waals surface area contributed by atoms with E-state index in [-0.39, 0.29) is 24.1 Å². The number of halogens is 6. The third kappa shape index (κ3) is 4.99. The van der Waals surface area contributed by atoms with E-state index in [9.17, 15) is 26.3 Å². The number of rotatable bonds is 5. The van der Waals surface area contributed by atoms with Gasteiger partial charge in [0.15, 0.2) is 0 Å². The van der Waals surface area contributed by atoms with Gasteiger partial charge >= 0.3 is 19.3 Å². The molecule has 25 heavy (non-hydrogen) atoms. The molecule has 2 rings (SSSR count). The van der Waals surface area contributed by atoms with Crippen molar-refractivity contribution in [3.63, 3.8) is 0 Å². The van der Waals surface area contributed by atoms with Gasteiger partial charge in [-0.05, 0) is 10.9 Å². The fourth-order valence-electron chi connectivity index (χ4n) is 2.33. The van der Waals surface area contributed by atoms with Gasteiger partial charge in [-0.1, -0.05) is 48.5 Å². The fraction of sp³-hybridized carbons (Fsp3) is 0.250. The Labute approximate surface area is 140 Å². The predicted octanol–water partition coefficient (Wildman–Crippen LogP) is 2.81. The minimum atomic E-state index is -4.57. The van der Waals surface area contributed by atoms with Crippen LogP contribution in [0.3, 0.4) is 0 Å². The van der Waals surface area contributed by atoms with Crippen LogP contribution in [0, 0.1) is 0 Å². The van der Waals surface area contributed by atoms with Crippen molar-refractivity contribution in [2.45, 2.75) is 12.4 Å². The first-order valence-electron chi connectivity index (χ1n) is 7.29. The molecule has 0 heterocycles. The molecule has 2 N–H and O–H groups in total. The number of alkyl halides is 6. The molecular formula is C16H14BF6NO. The van der Waals surface area contributed by atoms with Gasteiger partial charge in [0.25, 0.3) is 0 Å². The highest BCUT2D eigenvalue weighted by Crippen LogP contribution is 2.29. The molecule has 0 aliphatic carbocycles. The minimum Gasteiger partial charge on any atom is -0.426 e. The van der Waals surface area contributed by atoms with Crippen LogP contribution in [-0.4, -0.2) is 20.1 Å². The van der Waals surface area contributed by atoms with Gasteiger partial charge in [0.2, 0.25) is 0 Å². The van der Waals surface area contributed by atoms with Crippen molar-refractivity contribution in [2.24, 2.45) is 5.73 Å². The topological polar surface area (TPSA) is 35.2 Å². The Morgan fingerprint density at radius 2 is 1.24 bits per heavy atom. The summed E-state index contributed by atoms with van der Waals surface area (Å²) < 4.78 is 82.8. The first-order valence-corrected chi connectivity index (χ1v) is 7.29. The third-order valence-electron chi connectivity index (χ3n) is 3.44. The van der Waals surface area contributed by atoms with Crippen molar-refractivity contribution in [1.82, 2.24) is 0 Å². The van der Waals surface area contributed by atoms with Crippen LogP contribution >= 0.6 is 0 Å². The average Bonchev–Trinajstić information content (AvgIpc) is 2.54. The molecule has 0 radical (unpaired) electrons. The summed E-state index contributed by atoms with van der Waals surface area (Å²) in [5, 5.41) is 0. The SMILES string of the molecule is NCCOB(c1cccc(C(F)(F)F)c1)c1cccc(C(F)(F)F)c1. The van der Waals surface area contributed by atoms with Gasteiger partial charge in [0, 0.05) is 13.2 Å². The van der Waals surface area contributed by atoms with Gasteiger partial charge in [-0.25, -0.2) is 0 Å². The third-order valence-corrected chi connectivity index (χ3v) is 3.44. The molecule has 9 heteroatoms. The Balaban J connectivity index is 2.47. The van der Waals surface area contributed by atoms with E-state index in [1.807, 2.05) is 0 Å². The zero-order valence-electron chi connectivity index (χ0n) is 12.9. The lowest BCUT2D eigenvalue weighted by Crippen LogP contribution is -2.46. The Morgan fingerprint density at radius 3 is 1.60 bits per heavy atom. The quantitative estimate of drug-likeness (QED) is 0.657. The average molecular weight is 361 g/mol. The highest BCUT2D eigenvalue weighted by atomic mass is 19.4. The van der Waals surface area contributed by atoms with Crippen molar-refractivity contribution in [1.29, 1.82) is 0 Å². The molecule has 0 aliphatic heterocycles. The van der Waals surface area contributed by atoms with Gasteiger partial charge in [-0.2, -0.15) is 26.3 Å². The van der Waals surface area contributed by atoms with Crippen LogP contribution in [0.1, 0.15) is 11.1 Å². The smallest absolute Gasteiger partial charge is 0.416 e. The van der Waals surface area contributed by atoms with E-state index >= 15 is 0 Å². The van der Waals surface area contributed by atoms with E-state index in [2.05, 4.69) is 0 Å². The lowest BCUT2D eigenvalue weighted by molar-refractivity contribution is -0.138. The predicted molar refractivity (Wildman–Crippen MR) is 82.9 cm³/mol. The maximum absolute atomic E-state index is 12.9. The summed E-state index contributed by atoms with van der Waals surface area (Å²) in [7, 11) is 0. The van der Waals surface area contributed by atoms with Crippen molar-refractivity contribution in [3.05, 3.63) is 59.7 Å². The van der Waals surface area contributed by atoms with E-state index < -0.39 is 30.4 Å². The van der Waals surface area contributed by atoms with Crippen LogP contribution in [0.5, 0.6) is 0 Å². The van der Waals surface area contributed by atoms with Gasteiger partial charge in [0.1, 0.15) is 0 Å². The molecule has 2 aromatic carbocycles. The highest BCUT2D eigenvalue weighted by Gasteiger charge is 2.34. The summed E-state index contributed by atoms with van der Waals surface area (Å²) >= 11 is 0. The van der Waals surface area contributed by atoms with Gasteiger partial charge in [0.05, 0.1) is 11.1 Å². The molecule has 0 amide bonds. The molecule has 0 saturated carbocycles. The van der Waals surface area contributed by atoms with Gasteiger partial charge in [-0.3, -0.25) is 0 Å². The molecule has 0 atom stereocenters. The summed E-state index contributed by atoms with van der Waals surface area (Å²) in [6.45, 7) is -1.03. The molecule has 0 saturated heterocycles. The van der Waals surface area contributed by atoms with Crippen LogP contribution in [-0.2, 0) is 17.0 Å². The monoisotopic (exact) mass is 361 g/mol. The Kier molecular flexibility index (Phi) is 5.79.